The summed E-state index contributed by atoms with van der Waals surface area (Å²) in [6, 6.07) is 0. The Morgan fingerprint density at radius 3 is 2.19 bits per heavy atom. The molecule has 0 aromatic heterocycles. The SMILES string of the molecule is CC1(C)CC[C@]2(C)CC[C@]3(C)C(=CC(=O)[C@@H]4[C@@]5(C)CCCC(C)(C)[C@@H]5CC[C@]43C)[C@@H]2C1. The predicted octanol–water partition coefficient (Wildman–Crippen LogP) is 8.38. The topological polar surface area (TPSA) is 17.1 Å². The van der Waals surface area contributed by atoms with Crippen LogP contribution in [0.1, 0.15) is 120 Å². The first-order valence-electron chi connectivity index (χ1n) is 13.4. The van der Waals surface area contributed by atoms with Crippen LogP contribution >= 0.6 is 0 Å². The summed E-state index contributed by atoms with van der Waals surface area (Å²) >= 11 is 0. The summed E-state index contributed by atoms with van der Waals surface area (Å²) in [6.45, 7) is 20.1. The van der Waals surface area contributed by atoms with E-state index in [9.17, 15) is 4.79 Å². The van der Waals surface area contributed by atoms with Crippen LogP contribution in [0.25, 0.3) is 0 Å². The Morgan fingerprint density at radius 1 is 0.806 bits per heavy atom. The van der Waals surface area contributed by atoms with Gasteiger partial charge in [-0.25, -0.2) is 0 Å². The fraction of sp³-hybridized carbons (Fsp3) is 0.900. The molecule has 0 heterocycles. The molecule has 0 radical (unpaired) electrons. The van der Waals surface area contributed by atoms with Crippen molar-refractivity contribution in [2.45, 2.75) is 120 Å². The van der Waals surface area contributed by atoms with Crippen molar-refractivity contribution in [3.8, 4) is 0 Å². The fourth-order valence-electron chi connectivity index (χ4n) is 10.4. The second kappa shape index (κ2) is 6.29. The Kier molecular flexibility index (Phi) is 4.51. The lowest BCUT2D eigenvalue weighted by molar-refractivity contribution is -0.184. The molecule has 174 valence electrons. The summed E-state index contributed by atoms with van der Waals surface area (Å²) in [5, 5.41) is 0. The summed E-state index contributed by atoms with van der Waals surface area (Å²) in [7, 11) is 0. The van der Waals surface area contributed by atoms with Gasteiger partial charge in [0.2, 0.25) is 0 Å². The van der Waals surface area contributed by atoms with Gasteiger partial charge in [-0.05, 0) is 108 Å². The molecule has 5 aliphatic carbocycles. The van der Waals surface area contributed by atoms with Gasteiger partial charge in [0.1, 0.15) is 0 Å². The maximum absolute atomic E-state index is 14.2. The van der Waals surface area contributed by atoms with Gasteiger partial charge in [0, 0.05) is 5.92 Å². The molecule has 0 N–H and O–H groups in total. The number of carbonyl (C=O) groups excluding carboxylic acids is 1. The number of ketones is 1. The van der Waals surface area contributed by atoms with Gasteiger partial charge >= 0.3 is 0 Å². The van der Waals surface area contributed by atoms with Crippen LogP contribution in [0.2, 0.25) is 0 Å². The van der Waals surface area contributed by atoms with Crippen molar-refractivity contribution in [1.82, 2.24) is 0 Å². The van der Waals surface area contributed by atoms with Gasteiger partial charge in [-0.3, -0.25) is 4.79 Å². The van der Waals surface area contributed by atoms with E-state index in [1.54, 1.807) is 5.57 Å². The standard InChI is InChI=1S/C30H48O/c1-25(2)14-15-27(5)16-17-29(7)20(21(27)19-25)18-22(31)24-28(6)12-9-11-26(3,4)23(28)10-13-30(24,29)8/h18,21,23-24H,9-17,19H2,1-8H3/t21-,23-,24+,27+,28-,29+,30+/m0/s1. The third-order valence-electron chi connectivity index (χ3n) is 12.5. The highest BCUT2D eigenvalue weighted by molar-refractivity contribution is 5.95. The van der Waals surface area contributed by atoms with Gasteiger partial charge in [0.15, 0.2) is 5.78 Å². The highest BCUT2D eigenvalue weighted by atomic mass is 16.1. The Labute approximate surface area is 192 Å². The van der Waals surface area contributed by atoms with Crippen molar-refractivity contribution in [3.05, 3.63) is 11.6 Å². The number of fused-ring (bicyclic) bond motifs is 7. The molecular formula is C30H48O. The van der Waals surface area contributed by atoms with E-state index in [1.807, 2.05) is 0 Å². The lowest BCUT2D eigenvalue weighted by Crippen LogP contribution is -2.65. The summed E-state index contributed by atoms with van der Waals surface area (Å²) < 4.78 is 0. The summed E-state index contributed by atoms with van der Waals surface area (Å²) in [5.74, 6) is 2.02. The van der Waals surface area contributed by atoms with Crippen LogP contribution in [-0.4, -0.2) is 5.78 Å². The minimum absolute atomic E-state index is 0.121. The van der Waals surface area contributed by atoms with Gasteiger partial charge in [0.25, 0.3) is 0 Å². The van der Waals surface area contributed by atoms with E-state index in [4.69, 9.17) is 0 Å². The van der Waals surface area contributed by atoms with Crippen molar-refractivity contribution in [3.63, 3.8) is 0 Å². The lowest BCUT2D eigenvalue weighted by Gasteiger charge is -2.70. The highest BCUT2D eigenvalue weighted by Gasteiger charge is 2.69. The molecule has 5 aliphatic rings. The minimum atomic E-state index is 0.121. The molecular weight excluding hydrogens is 376 g/mol. The molecule has 0 aromatic rings. The van der Waals surface area contributed by atoms with Crippen LogP contribution in [0.3, 0.4) is 0 Å². The molecule has 0 unspecified atom stereocenters. The molecule has 0 aromatic carbocycles. The quantitative estimate of drug-likeness (QED) is 0.381. The van der Waals surface area contributed by atoms with Gasteiger partial charge in [0.05, 0.1) is 0 Å². The third-order valence-corrected chi connectivity index (χ3v) is 12.5. The first kappa shape index (κ1) is 22.2. The van der Waals surface area contributed by atoms with E-state index < -0.39 is 0 Å². The zero-order valence-electron chi connectivity index (χ0n) is 21.8. The summed E-state index contributed by atoms with van der Waals surface area (Å²) in [5.41, 5.74) is 3.24. The number of carbonyl (C=O) groups is 1. The van der Waals surface area contributed by atoms with Gasteiger partial charge in [-0.15, -0.1) is 0 Å². The van der Waals surface area contributed by atoms with E-state index in [-0.39, 0.29) is 22.2 Å². The van der Waals surface area contributed by atoms with E-state index in [1.165, 1.54) is 64.2 Å². The lowest BCUT2D eigenvalue weighted by atomic mass is 9.33. The number of hydrogen-bond acceptors (Lipinski definition) is 1. The normalized spacial score (nSPS) is 52.8. The first-order chi connectivity index (χ1) is 14.2. The highest BCUT2D eigenvalue weighted by Crippen LogP contribution is 2.75. The second-order valence-electron chi connectivity index (χ2n) is 15.2. The van der Waals surface area contributed by atoms with Crippen LogP contribution < -0.4 is 0 Å². The average Bonchev–Trinajstić information content (AvgIpc) is 2.64. The van der Waals surface area contributed by atoms with E-state index in [2.05, 4.69) is 61.5 Å². The van der Waals surface area contributed by atoms with Crippen LogP contribution in [0.5, 0.6) is 0 Å². The molecule has 5 rings (SSSR count). The van der Waals surface area contributed by atoms with E-state index in [0.717, 1.165) is 0 Å². The fourth-order valence-corrected chi connectivity index (χ4v) is 10.4. The number of allylic oxidation sites excluding steroid dienone is 2. The molecule has 0 amide bonds. The van der Waals surface area contributed by atoms with Crippen LogP contribution in [0.15, 0.2) is 11.6 Å². The zero-order chi connectivity index (χ0) is 22.7. The van der Waals surface area contributed by atoms with Crippen molar-refractivity contribution in [2.75, 3.05) is 0 Å². The van der Waals surface area contributed by atoms with Crippen molar-refractivity contribution in [2.24, 2.45) is 50.2 Å². The minimum Gasteiger partial charge on any atom is -0.295 e. The molecule has 0 aliphatic heterocycles. The second-order valence-corrected chi connectivity index (χ2v) is 15.2. The van der Waals surface area contributed by atoms with Crippen LogP contribution in [0.4, 0.5) is 0 Å². The molecule has 1 nitrogen and oxygen atoms in total. The average molecular weight is 425 g/mol. The third kappa shape index (κ3) is 2.76. The molecule has 0 saturated heterocycles. The Morgan fingerprint density at radius 2 is 1.48 bits per heavy atom. The maximum atomic E-state index is 14.2. The van der Waals surface area contributed by atoms with Gasteiger partial charge < -0.3 is 0 Å². The molecule has 31 heavy (non-hydrogen) atoms. The number of rotatable bonds is 0. The maximum Gasteiger partial charge on any atom is 0.159 e. The van der Waals surface area contributed by atoms with Gasteiger partial charge in [-0.2, -0.15) is 0 Å². The van der Waals surface area contributed by atoms with Crippen LogP contribution in [-0.2, 0) is 4.79 Å². The predicted molar refractivity (Wildman–Crippen MR) is 130 cm³/mol. The first-order valence-corrected chi connectivity index (χ1v) is 13.4. The molecule has 0 bridgehead atoms. The molecule has 4 saturated carbocycles. The molecule has 7 atom stereocenters. The summed E-state index contributed by atoms with van der Waals surface area (Å²) in [4.78, 5) is 14.2. The van der Waals surface area contributed by atoms with E-state index >= 15 is 0 Å². The monoisotopic (exact) mass is 424 g/mol. The van der Waals surface area contributed by atoms with Crippen molar-refractivity contribution >= 4 is 5.78 Å². The Balaban J connectivity index is 1.63. The Bertz CT molecular complexity index is 831. The van der Waals surface area contributed by atoms with Crippen molar-refractivity contribution < 1.29 is 4.79 Å². The smallest absolute Gasteiger partial charge is 0.159 e. The molecule has 1 heteroatoms. The summed E-state index contributed by atoms with van der Waals surface area (Å²) in [6.07, 6.45) is 15.3. The molecule has 0 spiro atoms. The van der Waals surface area contributed by atoms with Crippen LogP contribution in [0, 0.1) is 50.2 Å². The largest absolute Gasteiger partial charge is 0.295 e. The van der Waals surface area contributed by atoms with Gasteiger partial charge in [-0.1, -0.05) is 67.4 Å². The Hall–Kier alpha value is -0.590. The van der Waals surface area contributed by atoms with Crippen molar-refractivity contribution in [1.29, 1.82) is 0 Å². The number of hydrogen-bond donors (Lipinski definition) is 0. The molecule has 4 fully saturated rings. The zero-order valence-corrected chi connectivity index (χ0v) is 21.8. The van der Waals surface area contributed by atoms with E-state index in [0.29, 0.717) is 33.9 Å².